The van der Waals surface area contributed by atoms with E-state index in [0.717, 1.165) is 50.5 Å². The topological polar surface area (TPSA) is 57.9 Å². The molecule has 0 bridgehead atoms. The Bertz CT molecular complexity index is 744. The van der Waals surface area contributed by atoms with Crippen molar-refractivity contribution in [3.8, 4) is 0 Å². The fourth-order valence-corrected chi connectivity index (χ4v) is 3.47. The van der Waals surface area contributed by atoms with Gasteiger partial charge in [-0.15, -0.1) is 0 Å². The van der Waals surface area contributed by atoms with Crippen molar-refractivity contribution >= 4 is 11.6 Å². The summed E-state index contributed by atoms with van der Waals surface area (Å²) in [7, 11) is 5.92. The van der Waals surface area contributed by atoms with Crippen LogP contribution in [0.3, 0.4) is 0 Å². The second-order valence-corrected chi connectivity index (χ2v) is 7.19. The molecule has 2 aromatic rings. The summed E-state index contributed by atoms with van der Waals surface area (Å²) in [5.41, 5.74) is 2.38. The van der Waals surface area contributed by atoms with Crippen LogP contribution < -0.4 is 10.2 Å². The Morgan fingerprint density at radius 3 is 2.86 bits per heavy atom. The molecule has 0 amide bonds. The van der Waals surface area contributed by atoms with Gasteiger partial charge in [0.1, 0.15) is 6.10 Å². The molecule has 152 valence electrons. The molecule has 28 heavy (non-hydrogen) atoms. The number of aromatic nitrogens is 2. The Hall–Kier alpha value is -2.54. The van der Waals surface area contributed by atoms with Gasteiger partial charge in [-0.3, -0.25) is 9.67 Å². The summed E-state index contributed by atoms with van der Waals surface area (Å²) in [5.74, 6) is 0.952. The second-order valence-electron chi connectivity index (χ2n) is 7.19. The number of benzene rings is 1. The van der Waals surface area contributed by atoms with E-state index >= 15 is 0 Å². The van der Waals surface area contributed by atoms with Gasteiger partial charge in [0.25, 0.3) is 0 Å². The van der Waals surface area contributed by atoms with Gasteiger partial charge in [-0.25, -0.2) is 0 Å². The van der Waals surface area contributed by atoms with Gasteiger partial charge in [-0.05, 0) is 25.0 Å². The summed E-state index contributed by atoms with van der Waals surface area (Å²) in [6, 6.07) is 10.5. The zero-order chi connectivity index (χ0) is 19.8. The summed E-state index contributed by atoms with van der Waals surface area (Å²) >= 11 is 0. The van der Waals surface area contributed by atoms with E-state index in [1.165, 1.54) is 5.69 Å². The van der Waals surface area contributed by atoms with Gasteiger partial charge in [0.05, 0.1) is 19.3 Å². The maximum atomic E-state index is 5.93. The zero-order valence-corrected chi connectivity index (χ0v) is 17.2. The smallest absolute Gasteiger partial charge is 0.193 e. The highest BCUT2D eigenvalue weighted by Crippen LogP contribution is 2.21. The molecular weight excluding hydrogens is 352 g/mol. The minimum absolute atomic E-state index is 0.0422. The normalized spacial score (nSPS) is 17.6. The molecule has 7 heteroatoms. The first-order valence-electron chi connectivity index (χ1n) is 9.99. The number of anilines is 1. The van der Waals surface area contributed by atoms with Gasteiger partial charge < -0.3 is 19.9 Å². The number of hydrogen-bond acceptors (Lipinski definition) is 4. The lowest BCUT2D eigenvalue weighted by molar-refractivity contribution is -0.00801. The van der Waals surface area contributed by atoms with E-state index in [9.17, 15) is 0 Å². The van der Waals surface area contributed by atoms with Gasteiger partial charge in [0.2, 0.25) is 0 Å². The van der Waals surface area contributed by atoms with Crippen molar-refractivity contribution < 1.29 is 4.74 Å². The van der Waals surface area contributed by atoms with Crippen LogP contribution >= 0.6 is 0 Å². The van der Waals surface area contributed by atoms with Crippen molar-refractivity contribution in [2.75, 3.05) is 51.8 Å². The third-order valence-corrected chi connectivity index (χ3v) is 5.07. The molecule has 3 rings (SSSR count). The molecule has 1 aliphatic rings. The molecule has 7 nitrogen and oxygen atoms in total. The molecule has 1 fully saturated rings. The SMILES string of the molecule is CN=C(NCCCCN(C)c1ccccc1)N1CCOC(c2cnn(C)c2)C1. The lowest BCUT2D eigenvalue weighted by Gasteiger charge is -2.34. The number of nitrogens with one attached hydrogen (secondary N) is 1. The summed E-state index contributed by atoms with van der Waals surface area (Å²) in [6.45, 7) is 4.31. The van der Waals surface area contributed by atoms with E-state index < -0.39 is 0 Å². The molecule has 1 unspecified atom stereocenters. The van der Waals surface area contributed by atoms with Crippen LogP contribution in [0.2, 0.25) is 0 Å². The molecule has 2 heterocycles. The number of hydrogen-bond donors (Lipinski definition) is 1. The van der Waals surface area contributed by atoms with Crippen LogP contribution in [0.5, 0.6) is 0 Å². The molecule has 1 aromatic heterocycles. The quantitative estimate of drug-likeness (QED) is 0.451. The van der Waals surface area contributed by atoms with Crippen LogP contribution in [0.4, 0.5) is 5.69 Å². The third kappa shape index (κ3) is 5.48. The predicted octanol–water partition coefficient (Wildman–Crippen LogP) is 2.29. The number of aryl methyl sites for hydroxylation is 1. The molecule has 1 aliphatic heterocycles. The first-order valence-corrected chi connectivity index (χ1v) is 9.99. The molecule has 1 aromatic carbocycles. The van der Waals surface area contributed by atoms with Crippen molar-refractivity contribution in [1.29, 1.82) is 0 Å². The summed E-state index contributed by atoms with van der Waals surface area (Å²) in [6.07, 6.45) is 6.19. The van der Waals surface area contributed by atoms with Crippen molar-refractivity contribution in [1.82, 2.24) is 20.0 Å². The van der Waals surface area contributed by atoms with Gasteiger partial charge in [0.15, 0.2) is 5.96 Å². The Labute approximate surface area is 168 Å². The average Bonchev–Trinajstić information content (AvgIpc) is 3.17. The van der Waals surface area contributed by atoms with E-state index in [1.54, 1.807) is 0 Å². The Morgan fingerprint density at radius 2 is 2.14 bits per heavy atom. The number of unbranched alkanes of at least 4 members (excludes halogenated alkanes) is 1. The van der Waals surface area contributed by atoms with Crippen LogP contribution in [-0.4, -0.2) is 67.5 Å². The number of guanidine groups is 1. The zero-order valence-electron chi connectivity index (χ0n) is 17.2. The van der Waals surface area contributed by atoms with Gasteiger partial charge in [-0.2, -0.15) is 5.10 Å². The fraction of sp³-hybridized carbons (Fsp3) is 0.524. The molecule has 1 N–H and O–H groups in total. The maximum absolute atomic E-state index is 5.93. The van der Waals surface area contributed by atoms with Crippen molar-refractivity contribution in [3.05, 3.63) is 48.3 Å². The number of morpholine rings is 1. The van der Waals surface area contributed by atoms with Crippen LogP contribution in [0.15, 0.2) is 47.7 Å². The molecule has 0 spiro atoms. The Morgan fingerprint density at radius 1 is 1.32 bits per heavy atom. The molecule has 0 aliphatic carbocycles. The fourth-order valence-electron chi connectivity index (χ4n) is 3.47. The first-order chi connectivity index (χ1) is 13.7. The second kappa shape index (κ2) is 10.1. The van der Waals surface area contributed by atoms with Crippen LogP contribution in [-0.2, 0) is 11.8 Å². The van der Waals surface area contributed by atoms with Crippen molar-refractivity contribution in [3.63, 3.8) is 0 Å². The molecule has 0 saturated carbocycles. The largest absolute Gasteiger partial charge is 0.375 e. The van der Waals surface area contributed by atoms with Crippen LogP contribution in [0.25, 0.3) is 0 Å². The van der Waals surface area contributed by atoms with E-state index in [2.05, 4.69) is 62.6 Å². The van der Waals surface area contributed by atoms with Gasteiger partial charge in [-0.1, -0.05) is 18.2 Å². The lowest BCUT2D eigenvalue weighted by Crippen LogP contribution is -2.48. The average molecular weight is 385 g/mol. The summed E-state index contributed by atoms with van der Waals surface area (Å²) < 4.78 is 7.75. The van der Waals surface area contributed by atoms with Crippen molar-refractivity contribution in [2.45, 2.75) is 18.9 Å². The number of rotatable bonds is 7. The van der Waals surface area contributed by atoms with Crippen molar-refractivity contribution in [2.24, 2.45) is 12.0 Å². The number of aliphatic imine (C=N–C) groups is 1. The van der Waals surface area contributed by atoms with Crippen LogP contribution in [0, 0.1) is 0 Å². The molecular formula is C21H32N6O. The van der Waals surface area contributed by atoms with Gasteiger partial charge >= 0.3 is 0 Å². The summed E-state index contributed by atoms with van der Waals surface area (Å²) in [4.78, 5) is 9.05. The number of ether oxygens (including phenoxy) is 1. The standard InChI is InChI=1S/C21H32N6O/c1-22-21(23-11-7-8-12-25(2)19-9-5-4-6-10-19)27-13-14-28-20(17-27)18-15-24-26(3)16-18/h4-6,9-10,15-16,20H,7-8,11-14,17H2,1-3H3,(H,22,23). The van der Waals surface area contributed by atoms with E-state index in [-0.39, 0.29) is 6.10 Å². The minimum Gasteiger partial charge on any atom is -0.375 e. The monoisotopic (exact) mass is 384 g/mol. The Balaban J connectivity index is 1.40. The Kier molecular flexibility index (Phi) is 7.31. The highest BCUT2D eigenvalue weighted by molar-refractivity contribution is 5.80. The van der Waals surface area contributed by atoms with E-state index in [0.29, 0.717) is 6.61 Å². The summed E-state index contributed by atoms with van der Waals surface area (Å²) in [5, 5.41) is 7.77. The van der Waals surface area contributed by atoms with E-state index in [4.69, 9.17) is 4.74 Å². The third-order valence-electron chi connectivity index (χ3n) is 5.07. The van der Waals surface area contributed by atoms with Gasteiger partial charge in [0, 0.05) is 58.2 Å². The predicted molar refractivity (Wildman–Crippen MR) is 114 cm³/mol. The minimum atomic E-state index is 0.0422. The lowest BCUT2D eigenvalue weighted by atomic mass is 10.1. The first kappa shape index (κ1) is 20.2. The molecule has 0 radical (unpaired) electrons. The van der Waals surface area contributed by atoms with E-state index in [1.807, 2.05) is 31.2 Å². The maximum Gasteiger partial charge on any atom is 0.193 e. The molecule has 1 saturated heterocycles. The van der Waals surface area contributed by atoms with Crippen LogP contribution in [0.1, 0.15) is 24.5 Å². The number of para-hydroxylation sites is 1. The highest BCUT2D eigenvalue weighted by Gasteiger charge is 2.24. The molecule has 1 atom stereocenters. The highest BCUT2D eigenvalue weighted by atomic mass is 16.5. The number of nitrogens with zero attached hydrogens (tertiary/aromatic N) is 5.